The topological polar surface area (TPSA) is 74.8 Å². The van der Waals surface area contributed by atoms with Crippen molar-refractivity contribution in [1.82, 2.24) is 16.0 Å². The molecule has 1 aliphatic heterocycles. The number of rotatable bonds is 4. The Labute approximate surface area is 156 Å². The SMILES string of the molecule is CN=C(NC1CCCC(C(=O)NC2CC2)C1)NC1C2CCOC2C1(C)C. The summed E-state index contributed by atoms with van der Waals surface area (Å²) in [4.78, 5) is 16.9. The standard InChI is InChI=1S/C20H34N4O2/c1-20(2)16(15-9-10-26-17(15)20)24-19(21-3)23-14-6-4-5-12(11-14)18(25)22-13-7-8-13/h12-17H,4-11H2,1-3H3,(H,22,25)(H2,21,23,24). The lowest BCUT2D eigenvalue weighted by Gasteiger charge is -2.55. The highest BCUT2D eigenvalue weighted by Crippen LogP contribution is 2.52. The summed E-state index contributed by atoms with van der Waals surface area (Å²) in [6, 6.07) is 1.18. The van der Waals surface area contributed by atoms with Gasteiger partial charge >= 0.3 is 0 Å². The van der Waals surface area contributed by atoms with E-state index < -0.39 is 0 Å². The third-order valence-electron chi connectivity index (χ3n) is 6.93. The maximum absolute atomic E-state index is 12.4. The first-order chi connectivity index (χ1) is 12.5. The number of hydrogen-bond donors (Lipinski definition) is 3. The zero-order valence-corrected chi connectivity index (χ0v) is 16.4. The fourth-order valence-electron chi connectivity index (χ4n) is 5.23. The molecule has 0 aromatic carbocycles. The second-order valence-electron chi connectivity index (χ2n) is 9.25. The molecule has 0 aromatic heterocycles. The van der Waals surface area contributed by atoms with Crippen molar-refractivity contribution in [3.8, 4) is 0 Å². The highest BCUT2D eigenvalue weighted by molar-refractivity contribution is 5.81. The molecule has 1 heterocycles. The molecule has 0 bridgehead atoms. The molecule has 0 radical (unpaired) electrons. The molecule has 4 aliphatic rings. The Balaban J connectivity index is 1.31. The highest BCUT2D eigenvalue weighted by atomic mass is 16.5. The van der Waals surface area contributed by atoms with Gasteiger partial charge in [-0.1, -0.05) is 20.3 Å². The van der Waals surface area contributed by atoms with Gasteiger partial charge in [0, 0.05) is 49.0 Å². The third kappa shape index (κ3) is 3.45. The molecule has 5 atom stereocenters. The number of carbonyl (C=O) groups excluding carboxylic acids is 1. The number of nitrogens with one attached hydrogen (secondary N) is 3. The predicted molar refractivity (Wildman–Crippen MR) is 102 cm³/mol. The molecule has 1 amide bonds. The number of amides is 1. The summed E-state index contributed by atoms with van der Waals surface area (Å²) >= 11 is 0. The Hall–Kier alpha value is -1.30. The maximum Gasteiger partial charge on any atom is 0.223 e. The van der Waals surface area contributed by atoms with Gasteiger partial charge in [-0.15, -0.1) is 0 Å². The second kappa shape index (κ2) is 7.02. The summed E-state index contributed by atoms with van der Waals surface area (Å²) in [6.07, 6.45) is 7.95. The molecule has 0 spiro atoms. The first kappa shape index (κ1) is 18.1. The number of nitrogens with zero attached hydrogens (tertiary/aromatic N) is 1. The van der Waals surface area contributed by atoms with Gasteiger partial charge in [-0.05, 0) is 38.5 Å². The van der Waals surface area contributed by atoms with Gasteiger partial charge in [0.1, 0.15) is 0 Å². The first-order valence-corrected chi connectivity index (χ1v) is 10.4. The van der Waals surface area contributed by atoms with Crippen molar-refractivity contribution in [3.05, 3.63) is 0 Å². The largest absolute Gasteiger partial charge is 0.377 e. The van der Waals surface area contributed by atoms with E-state index in [9.17, 15) is 4.79 Å². The zero-order valence-electron chi connectivity index (χ0n) is 16.4. The van der Waals surface area contributed by atoms with Gasteiger partial charge in [-0.2, -0.15) is 0 Å². The quantitative estimate of drug-likeness (QED) is 0.527. The molecule has 0 aromatic rings. The Morgan fingerprint density at radius 2 is 1.85 bits per heavy atom. The minimum absolute atomic E-state index is 0.137. The van der Waals surface area contributed by atoms with Crippen molar-refractivity contribution in [2.24, 2.45) is 22.2 Å². The highest BCUT2D eigenvalue weighted by Gasteiger charge is 2.59. The van der Waals surface area contributed by atoms with E-state index in [0.29, 0.717) is 30.1 Å². The normalized spacial score (nSPS) is 38.9. The van der Waals surface area contributed by atoms with Crippen LogP contribution in [0.25, 0.3) is 0 Å². The monoisotopic (exact) mass is 362 g/mol. The summed E-state index contributed by atoms with van der Waals surface area (Å²) in [6.45, 7) is 5.44. The minimum atomic E-state index is 0.137. The van der Waals surface area contributed by atoms with Crippen LogP contribution in [0, 0.1) is 17.3 Å². The average molecular weight is 363 g/mol. The van der Waals surface area contributed by atoms with Gasteiger partial charge in [-0.25, -0.2) is 0 Å². The van der Waals surface area contributed by atoms with Crippen LogP contribution in [0.4, 0.5) is 0 Å². The van der Waals surface area contributed by atoms with E-state index in [-0.39, 0.29) is 17.2 Å². The van der Waals surface area contributed by atoms with Crippen LogP contribution in [0.15, 0.2) is 4.99 Å². The van der Waals surface area contributed by atoms with E-state index in [4.69, 9.17) is 4.74 Å². The fraction of sp³-hybridized carbons (Fsp3) is 0.900. The third-order valence-corrected chi connectivity index (χ3v) is 6.93. The van der Waals surface area contributed by atoms with E-state index in [1.54, 1.807) is 0 Å². The molecule has 3 saturated carbocycles. The molecule has 6 nitrogen and oxygen atoms in total. The van der Waals surface area contributed by atoms with Gasteiger partial charge in [0.15, 0.2) is 5.96 Å². The van der Waals surface area contributed by atoms with Crippen molar-refractivity contribution in [2.45, 2.75) is 83.0 Å². The van der Waals surface area contributed by atoms with E-state index in [2.05, 4.69) is 34.8 Å². The van der Waals surface area contributed by atoms with Crippen molar-refractivity contribution in [1.29, 1.82) is 0 Å². The fourth-order valence-corrected chi connectivity index (χ4v) is 5.23. The molecular formula is C20H34N4O2. The average Bonchev–Trinajstić information content (AvgIpc) is 3.32. The van der Waals surface area contributed by atoms with Gasteiger partial charge in [0.05, 0.1) is 6.10 Å². The molecular weight excluding hydrogens is 328 g/mol. The maximum atomic E-state index is 12.4. The second-order valence-corrected chi connectivity index (χ2v) is 9.25. The lowest BCUT2D eigenvalue weighted by atomic mass is 9.57. The van der Waals surface area contributed by atoms with E-state index in [1.165, 1.54) is 0 Å². The molecule has 4 fully saturated rings. The number of guanidine groups is 1. The molecule has 4 rings (SSSR count). The summed E-state index contributed by atoms with van der Waals surface area (Å²) < 4.78 is 5.89. The van der Waals surface area contributed by atoms with Crippen LogP contribution in [0.5, 0.6) is 0 Å². The molecule has 6 heteroatoms. The van der Waals surface area contributed by atoms with Crippen LogP contribution >= 0.6 is 0 Å². The Morgan fingerprint density at radius 3 is 2.58 bits per heavy atom. The number of aliphatic imine (C=N–C) groups is 1. The van der Waals surface area contributed by atoms with E-state index >= 15 is 0 Å². The van der Waals surface area contributed by atoms with Crippen LogP contribution in [-0.4, -0.2) is 49.8 Å². The summed E-state index contributed by atoms with van der Waals surface area (Å²) in [5.74, 6) is 1.87. The lowest BCUT2D eigenvalue weighted by molar-refractivity contribution is -0.126. The van der Waals surface area contributed by atoms with Gasteiger partial charge in [-0.3, -0.25) is 9.79 Å². The van der Waals surface area contributed by atoms with Crippen LogP contribution < -0.4 is 16.0 Å². The summed E-state index contributed by atoms with van der Waals surface area (Å²) in [5, 5.41) is 10.4. The van der Waals surface area contributed by atoms with Crippen LogP contribution in [0.3, 0.4) is 0 Å². The molecule has 5 unspecified atom stereocenters. The number of fused-ring (bicyclic) bond motifs is 1. The van der Waals surface area contributed by atoms with Crippen LogP contribution in [0.2, 0.25) is 0 Å². The molecule has 1 saturated heterocycles. The molecule has 3 aliphatic carbocycles. The van der Waals surface area contributed by atoms with Crippen molar-refractivity contribution in [2.75, 3.05) is 13.7 Å². The van der Waals surface area contributed by atoms with Crippen molar-refractivity contribution >= 4 is 11.9 Å². The predicted octanol–water partition coefficient (Wildman–Crippen LogP) is 1.80. The van der Waals surface area contributed by atoms with E-state index in [0.717, 1.165) is 57.5 Å². The number of hydrogen-bond acceptors (Lipinski definition) is 3. The van der Waals surface area contributed by atoms with Crippen LogP contribution in [-0.2, 0) is 9.53 Å². The van der Waals surface area contributed by atoms with E-state index in [1.807, 2.05) is 7.05 Å². The molecule has 26 heavy (non-hydrogen) atoms. The summed E-state index contributed by atoms with van der Waals surface area (Å²) in [7, 11) is 1.84. The van der Waals surface area contributed by atoms with Gasteiger partial charge in [0.25, 0.3) is 0 Å². The lowest BCUT2D eigenvalue weighted by Crippen LogP contribution is -2.68. The smallest absolute Gasteiger partial charge is 0.223 e. The van der Waals surface area contributed by atoms with Crippen molar-refractivity contribution in [3.63, 3.8) is 0 Å². The van der Waals surface area contributed by atoms with Gasteiger partial charge < -0.3 is 20.7 Å². The minimum Gasteiger partial charge on any atom is -0.377 e. The first-order valence-electron chi connectivity index (χ1n) is 10.4. The summed E-state index contributed by atoms with van der Waals surface area (Å²) in [5.41, 5.74) is 0.137. The van der Waals surface area contributed by atoms with Gasteiger partial charge in [0.2, 0.25) is 5.91 Å². The Morgan fingerprint density at radius 1 is 1.04 bits per heavy atom. The zero-order chi connectivity index (χ0) is 18.3. The Bertz CT molecular complexity index is 572. The van der Waals surface area contributed by atoms with Crippen LogP contribution in [0.1, 0.15) is 58.8 Å². The molecule has 3 N–H and O–H groups in total. The Kier molecular flexibility index (Phi) is 4.88. The molecule has 146 valence electrons. The van der Waals surface area contributed by atoms with Crippen molar-refractivity contribution < 1.29 is 9.53 Å². The number of carbonyl (C=O) groups is 1. The number of ether oxygens (including phenoxy) is 1.